The second-order valence-electron chi connectivity index (χ2n) is 6.81. The maximum absolute atomic E-state index is 5.04. The first-order chi connectivity index (χ1) is 13.4. The summed E-state index contributed by atoms with van der Waals surface area (Å²) in [6.45, 7) is 0. The van der Waals surface area contributed by atoms with Gasteiger partial charge in [-0.15, -0.1) is 11.3 Å². The normalized spacial score (nSPS) is 11.7. The van der Waals surface area contributed by atoms with E-state index in [-0.39, 0.29) is 0 Å². The highest BCUT2D eigenvalue weighted by Crippen LogP contribution is 2.42. The molecule has 0 radical (unpaired) electrons. The lowest BCUT2D eigenvalue weighted by molar-refractivity contribution is 1.43. The highest BCUT2D eigenvalue weighted by Gasteiger charge is 2.15. The number of aromatic nitrogens is 1. The summed E-state index contributed by atoms with van der Waals surface area (Å²) < 4.78 is 2.69. The molecule has 0 aliphatic rings. The molecule has 0 atom stereocenters. The number of fused-ring (bicyclic) bond motifs is 7. The SMILES string of the molecule is c1ccc(-c2nc3ccccc3c3c2ccc2c4ccccc4sc23)cc1. The summed E-state index contributed by atoms with van der Waals surface area (Å²) in [6.07, 6.45) is 0. The van der Waals surface area contributed by atoms with Gasteiger partial charge in [0.25, 0.3) is 0 Å². The predicted molar refractivity (Wildman–Crippen MR) is 118 cm³/mol. The lowest BCUT2D eigenvalue weighted by Gasteiger charge is -2.11. The van der Waals surface area contributed by atoms with Crippen molar-refractivity contribution in [2.45, 2.75) is 0 Å². The first-order valence-electron chi connectivity index (χ1n) is 9.08. The molecule has 0 aliphatic carbocycles. The molecule has 126 valence electrons. The van der Waals surface area contributed by atoms with Gasteiger partial charge in [0.05, 0.1) is 11.2 Å². The van der Waals surface area contributed by atoms with E-state index in [1.807, 2.05) is 11.3 Å². The third-order valence-electron chi connectivity index (χ3n) is 5.25. The molecular weight excluding hydrogens is 346 g/mol. The van der Waals surface area contributed by atoms with Crippen LogP contribution in [0.4, 0.5) is 0 Å². The number of hydrogen-bond donors (Lipinski definition) is 0. The number of rotatable bonds is 1. The van der Waals surface area contributed by atoms with E-state index < -0.39 is 0 Å². The zero-order chi connectivity index (χ0) is 17.8. The molecule has 0 aliphatic heterocycles. The first-order valence-corrected chi connectivity index (χ1v) is 9.90. The Morgan fingerprint density at radius 1 is 0.556 bits per heavy atom. The Labute approximate surface area is 160 Å². The van der Waals surface area contributed by atoms with Crippen molar-refractivity contribution < 1.29 is 0 Å². The predicted octanol–water partition coefficient (Wildman–Crippen LogP) is 7.42. The van der Waals surface area contributed by atoms with Gasteiger partial charge in [0.1, 0.15) is 0 Å². The summed E-state index contributed by atoms with van der Waals surface area (Å²) in [4.78, 5) is 5.04. The van der Waals surface area contributed by atoms with E-state index in [4.69, 9.17) is 4.98 Å². The van der Waals surface area contributed by atoms with Crippen LogP contribution in [0.2, 0.25) is 0 Å². The van der Waals surface area contributed by atoms with E-state index in [1.165, 1.54) is 36.3 Å². The van der Waals surface area contributed by atoms with Crippen LogP contribution in [0.5, 0.6) is 0 Å². The molecule has 0 unspecified atom stereocenters. The second kappa shape index (κ2) is 5.63. The van der Waals surface area contributed by atoms with Crippen molar-refractivity contribution >= 4 is 53.2 Å². The molecule has 0 saturated heterocycles. The fourth-order valence-corrected chi connectivity index (χ4v) is 5.30. The van der Waals surface area contributed by atoms with Gasteiger partial charge in [-0.2, -0.15) is 0 Å². The van der Waals surface area contributed by atoms with Crippen molar-refractivity contribution in [2.24, 2.45) is 0 Å². The van der Waals surface area contributed by atoms with E-state index in [2.05, 4.69) is 91.0 Å². The molecule has 0 amide bonds. The van der Waals surface area contributed by atoms with Gasteiger partial charge in [0.2, 0.25) is 0 Å². The van der Waals surface area contributed by atoms with E-state index >= 15 is 0 Å². The fraction of sp³-hybridized carbons (Fsp3) is 0. The Kier molecular flexibility index (Phi) is 3.11. The van der Waals surface area contributed by atoms with Crippen LogP contribution < -0.4 is 0 Å². The molecule has 0 bridgehead atoms. The summed E-state index contributed by atoms with van der Waals surface area (Å²) in [6, 6.07) is 32.2. The first kappa shape index (κ1) is 14.9. The van der Waals surface area contributed by atoms with Crippen LogP contribution in [-0.2, 0) is 0 Å². The molecule has 2 heteroatoms. The smallest absolute Gasteiger partial charge is 0.0788 e. The van der Waals surface area contributed by atoms with Gasteiger partial charge in [-0.3, -0.25) is 0 Å². The molecule has 27 heavy (non-hydrogen) atoms. The number of para-hydroxylation sites is 1. The monoisotopic (exact) mass is 361 g/mol. The quantitative estimate of drug-likeness (QED) is 0.278. The molecule has 0 saturated carbocycles. The standard InChI is InChI=1S/C25H15NS/c1-2-8-16(9-3-1)24-20-15-14-18-17-10-5-7-13-22(17)27-25(18)23(20)19-11-4-6-12-21(19)26-24/h1-15H. The van der Waals surface area contributed by atoms with Crippen molar-refractivity contribution in [3.8, 4) is 11.3 Å². The highest BCUT2D eigenvalue weighted by molar-refractivity contribution is 7.26. The molecule has 4 aromatic carbocycles. The fourth-order valence-electron chi connectivity index (χ4n) is 4.03. The molecule has 2 heterocycles. The third kappa shape index (κ3) is 2.14. The largest absolute Gasteiger partial charge is 0.247 e. The molecule has 1 nitrogen and oxygen atoms in total. The van der Waals surface area contributed by atoms with E-state index in [0.717, 1.165) is 16.8 Å². The molecule has 6 aromatic rings. The summed E-state index contributed by atoms with van der Waals surface area (Å²) in [5.74, 6) is 0. The minimum absolute atomic E-state index is 1.05. The van der Waals surface area contributed by atoms with Crippen LogP contribution >= 0.6 is 11.3 Å². The van der Waals surface area contributed by atoms with E-state index in [0.29, 0.717) is 0 Å². The zero-order valence-corrected chi connectivity index (χ0v) is 15.3. The van der Waals surface area contributed by atoms with Crippen LogP contribution in [0, 0.1) is 0 Å². The van der Waals surface area contributed by atoms with Crippen molar-refractivity contribution in [1.29, 1.82) is 0 Å². The number of hydrogen-bond acceptors (Lipinski definition) is 2. The Morgan fingerprint density at radius 3 is 2.15 bits per heavy atom. The number of nitrogens with zero attached hydrogens (tertiary/aromatic N) is 1. The minimum atomic E-state index is 1.05. The lowest BCUT2D eigenvalue weighted by atomic mass is 9.98. The summed E-state index contributed by atoms with van der Waals surface area (Å²) >= 11 is 1.88. The van der Waals surface area contributed by atoms with Crippen molar-refractivity contribution in [2.75, 3.05) is 0 Å². The highest BCUT2D eigenvalue weighted by atomic mass is 32.1. The van der Waals surface area contributed by atoms with Crippen molar-refractivity contribution in [3.05, 3.63) is 91.0 Å². The van der Waals surface area contributed by atoms with Gasteiger partial charge >= 0.3 is 0 Å². The number of benzene rings is 4. The third-order valence-corrected chi connectivity index (χ3v) is 6.46. The van der Waals surface area contributed by atoms with Gasteiger partial charge in [0, 0.05) is 41.9 Å². The molecule has 0 spiro atoms. The second-order valence-corrected chi connectivity index (χ2v) is 7.86. The molecule has 2 aromatic heterocycles. The van der Waals surface area contributed by atoms with Crippen LogP contribution in [0.15, 0.2) is 91.0 Å². The van der Waals surface area contributed by atoms with Crippen molar-refractivity contribution in [3.63, 3.8) is 0 Å². The van der Waals surface area contributed by atoms with E-state index in [1.54, 1.807) is 0 Å². The van der Waals surface area contributed by atoms with Crippen LogP contribution in [-0.4, -0.2) is 4.98 Å². The molecule has 0 fully saturated rings. The van der Waals surface area contributed by atoms with E-state index in [9.17, 15) is 0 Å². The van der Waals surface area contributed by atoms with Gasteiger partial charge in [-0.05, 0) is 12.1 Å². The number of thiophene rings is 1. The lowest BCUT2D eigenvalue weighted by Crippen LogP contribution is -1.89. The Bertz CT molecular complexity index is 1460. The Balaban J connectivity index is 1.89. The average molecular weight is 361 g/mol. The zero-order valence-electron chi connectivity index (χ0n) is 14.5. The van der Waals surface area contributed by atoms with Gasteiger partial charge in [-0.1, -0.05) is 78.9 Å². The molecular formula is C25H15NS. The maximum atomic E-state index is 5.04. The van der Waals surface area contributed by atoms with Crippen LogP contribution in [0.1, 0.15) is 0 Å². The summed E-state index contributed by atoms with van der Waals surface area (Å²) in [7, 11) is 0. The average Bonchev–Trinajstić information content (AvgIpc) is 3.12. The van der Waals surface area contributed by atoms with Gasteiger partial charge < -0.3 is 0 Å². The van der Waals surface area contributed by atoms with Crippen LogP contribution in [0.3, 0.4) is 0 Å². The summed E-state index contributed by atoms with van der Waals surface area (Å²) in [5.41, 5.74) is 3.27. The Hall–Kier alpha value is -3.23. The minimum Gasteiger partial charge on any atom is -0.247 e. The molecule has 6 rings (SSSR count). The maximum Gasteiger partial charge on any atom is 0.0788 e. The van der Waals surface area contributed by atoms with Gasteiger partial charge in [-0.25, -0.2) is 4.98 Å². The molecule has 0 N–H and O–H groups in total. The number of pyridine rings is 1. The topological polar surface area (TPSA) is 12.9 Å². The summed E-state index contributed by atoms with van der Waals surface area (Å²) in [5, 5.41) is 6.43. The van der Waals surface area contributed by atoms with Crippen molar-refractivity contribution in [1.82, 2.24) is 4.98 Å². The van der Waals surface area contributed by atoms with Crippen LogP contribution in [0.25, 0.3) is 53.1 Å². The Morgan fingerprint density at radius 2 is 1.26 bits per heavy atom. The van der Waals surface area contributed by atoms with Gasteiger partial charge in [0.15, 0.2) is 0 Å².